The van der Waals surface area contributed by atoms with E-state index in [0.717, 1.165) is 31.5 Å². The molecule has 1 aliphatic carbocycles. The Balaban J connectivity index is 2.72. The number of hydrogen-bond donors (Lipinski definition) is 0. The number of carbonyl (C=O) groups is 1. The Labute approximate surface area is 87.0 Å². The molecule has 0 aromatic rings. The van der Waals surface area contributed by atoms with Crippen molar-refractivity contribution in [3.8, 4) is 0 Å². The highest BCUT2D eigenvalue weighted by Crippen LogP contribution is 2.38. The minimum Gasteiger partial charge on any atom is -0.365 e. The molecule has 0 aromatic carbocycles. The van der Waals surface area contributed by atoms with Gasteiger partial charge in [-0.25, -0.2) is 0 Å². The predicted molar refractivity (Wildman–Crippen MR) is 57.2 cm³/mol. The topological polar surface area (TPSA) is 26.3 Å². The van der Waals surface area contributed by atoms with Gasteiger partial charge in [0.05, 0.1) is 6.10 Å². The van der Waals surface area contributed by atoms with Crippen molar-refractivity contribution in [3.05, 3.63) is 0 Å². The van der Waals surface area contributed by atoms with Gasteiger partial charge in [0.2, 0.25) is 0 Å². The molecule has 82 valence electrons. The van der Waals surface area contributed by atoms with Crippen LogP contribution in [0.5, 0.6) is 0 Å². The van der Waals surface area contributed by atoms with Crippen LogP contribution < -0.4 is 0 Å². The minimum absolute atomic E-state index is 0.135. The summed E-state index contributed by atoms with van der Waals surface area (Å²) in [7, 11) is 0. The van der Waals surface area contributed by atoms with Crippen LogP contribution in [-0.4, -0.2) is 18.0 Å². The average Bonchev–Trinajstić information content (AvgIpc) is 2.10. The smallest absolute Gasteiger partial charge is 0.152 e. The molecule has 0 aliphatic heterocycles. The Morgan fingerprint density at radius 1 is 1.43 bits per heavy atom. The van der Waals surface area contributed by atoms with Crippen molar-refractivity contribution < 1.29 is 9.53 Å². The Kier molecular flexibility index (Phi) is 3.71. The van der Waals surface area contributed by atoms with E-state index >= 15 is 0 Å². The summed E-state index contributed by atoms with van der Waals surface area (Å²) in [6.07, 6.45) is 4.26. The maximum atomic E-state index is 11.2. The second kappa shape index (κ2) is 4.43. The van der Waals surface area contributed by atoms with Crippen LogP contribution in [0, 0.1) is 11.8 Å². The highest BCUT2D eigenvalue weighted by Gasteiger charge is 2.41. The van der Waals surface area contributed by atoms with Crippen molar-refractivity contribution >= 4 is 6.29 Å². The maximum Gasteiger partial charge on any atom is 0.152 e. The van der Waals surface area contributed by atoms with Gasteiger partial charge in [0.25, 0.3) is 0 Å². The van der Waals surface area contributed by atoms with E-state index in [4.69, 9.17) is 4.74 Å². The maximum absolute atomic E-state index is 11.2. The lowest BCUT2D eigenvalue weighted by molar-refractivity contribution is -0.156. The fraction of sp³-hybridized carbons (Fsp3) is 0.917. The van der Waals surface area contributed by atoms with Crippen LogP contribution in [0.2, 0.25) is 0 Å². The van der Waals surface area contributed by atoms with Gasteiger partial charge in [-0.3, -0.25) is 0 Å². The van der Waals surface area contributed by atoms with Gasteiger partial charge in [-0.2, -0.15) is 0 Å². The Hall–Kier alpha value is -0.370. The molecule has 0 saturated heterocycles. The van der Waals surface area contributed by atoms with Crippen molar-refractivity contribution in [1.82, 2.24) is 0 Å². The number of hydrogen-bond acceptors (Lipinski definition) is 2. The lowest BCUT2D eigenvalue weighted by Gasteiger charge is -2.41. The fourth-order valence-electron chi connectivity index (χ4n) is 2.46. The van der Waals surface area contributed by atoms with E-state index in [0.29, 0.717) is 5.92 Å². The van der Waals surface area contributed by atoms with E-state index < -0.39 is 5.60 Å². The number of aldehydes is 1. The van der Waals surface area contributed by atoms with Crippen molar-refractivity contribution in [2.45, 2.75) is 58.7 Å². The molecule has 0 spiro atoms. The molecular weight excluding hydrogens is 176 g/mol. The normalized spacial score (nSPS) is 38.6. The van der Waals surface area contributed by atoms with Gasteiger partial charge in [0, 0.05) is 0 Å². The third-order valence-electron chi connectivity index (χ3n) is 3.27. The summed E-state index contributed by atoms with van der Waals surface area (Å²) in [6, 6.07) is 0. The molecular formula is C12H22O2. The van der Waals surface area contributed by atoms with Gasteiger partial charge in [0.1, 0.15) is 5.60 Å². The Morgan fingerprint density at radius 2 is 2.07 bits per heavy atom. The van der Waals surface area contributed by atoms with E-state index in [1.165, 1.54) is 0 Å². The van der Waals surface area contributed by atoms with E-state index in [1.54, 1.807) is 0 Å². The zero-order valence-electron chi connectivity index (χ0n) is 9.75. The molecule has 1 fully saturated rings. The standard InChI is InChI=1S/C12H22O2/c1-9(2)14-12(8-13)6-5-10(3)7-11(12)4/h8-11H,5-7H2,1-4H3. The summed E-state index contributed by atoms with van der Waals surface area (Å²) < 4.78 is 5.82. The van der Waals surface area contributed by atoms with E-state index in [2.05, 4.69) is 13.8 Å². The lowest BCUT2D eigenvalue weighted by Crippen LogP contribution is -2.46. The fourth-order valence-corrected chi connectivity index (χ4v) is 2.46. The highest BCUT2D eigenvalue weighted by atomic mass is 16.5. The molecule has 1 rings (SSSR count). The Bertz CT molecular complexity index is 200. The monoisotopic (exact) mass is 198 g/mol. The minimum atomic E-state index is -0.499. The summed E-state index contributed by atoms with van der Waals surface area (Å²) in [5.41, 5.74) is -0.499. The molecule has 1 saturated carbocycles. The third-order valence-corrected chi connectivity index (χ3v) is 3.27. The van der Waals surface area contributed by atoms with Crippen LogP contribution in [0.15, 0.2) is 0 Å². The van der Waals surface area contributed by atoms with Crippen molar-refractivity contribution in [2.75, 3.05) is 0 Å². The summed E-state index contributed by atoms with van der Waals surface area (Å²) in [4.78, 5) is 11.2. The number of ether oxygens (including phenoxy) is 1. The van der Waals surface area contributed by atoms with Crippen molar-refractivity contribution in [3.63, 3.8) is 0 Å². The molecule has 0 heterocycles. The SMILES string of the molecule is CC1CCC(C=O)(OC(C)C)C(C)C1. The van der Waals surface area contributed by atoms with Gasteiger partial charge in [-0.1, -0.05) is 13.8 Å². The molecule has 0 aromatic heterocycles. The number of carbonyl (C=O) groups excluding carboxylic acids is 1. The molecule has 2 nitrogen and oxygen atoms in total. The first-order valence-corrected chi connectivity index (χ1v) is 5.64. The van der Waals surface area contributed by atoms with Gasteiger partial charge >= 0.3 is 0 Å². The molecule has 3 unspecified atom stereocenters. The van der Waals surface area contributed by atoms with Gasteiger partial charge in [0.15, 0.2) is 6.29 Å². The first kappa shape index (κ1) is 11.7. The van der Waals surface area contributed by atoms with E-state index in [-0.39, 0.29) is 6.10 Å². The molecule has 14 heavy (non-hydrogen) atoms. The molecule has 3 atom stereocenters. The third kappa shape index (κ3) is 2.35. The number of rotatable bonds is 3. The molecule has 0 bridgehead atoms. The summed E-state index contributed by atoms with van der Waals surface area (Å²) in [5.74, 6) is 1.08. The van der Waals surface area contributed by atoms with Crippen LogP contribution in [0.25, 0.3) is 0 Å². The average molecular weight is 198 g/mol. The summed E-state index contributed by atoms with van der Waals surface area (Å²) in [5, 5.41) is 0. The Morgan fingerprint density at radius 3 is 2.50 bits per heavy atom. The summed E-state index contributed by atoms with van der Waals surface area (Å²) in [6.45, 7) is 8.37. The molecule has 0 N–H and O–H groups in total. The summed E-state index contributed by atoms with van der Waals surface area (Å²) >= 11 is 0. The van der Waals surface area contributed by atoms with Gasteiger partial charge < -0.3 is 9.53 Å². The van der Waals surface area contributed by atoms with Crippen LogP contribution in [0.1, 0.15) is 47.0 Å². The van der Waals surface area contributed by atoms with Crippen LogP contribution in [0.4, 0.5) is 0 Å². The van der Waals surface area contributed by atoms with Gasteiger partial charge in [-0.05, 0) is 44.9 Å². The van der Waals surface area contributed by atoms with Gasteiger partial charge in [-0.15, -0.1) is 0 Å². The van der Waals surface area contributed by atoms with E-state index in [9.17, 15) is 4.79 Å². The van der Waals surface area contributed by atoms with Crippen LogP contribution in [-0.2, 0) is 9.53 Å². The largest absolute Gasteiger partial charge is 0.365 e. The molecule has 0 radical (unpaired) electrons. The van der Waals surface area contributed by atoms with Crippen LogP contribution >= 0.6 is 0 Å². The second-order valence-corrected chi connectivity index (χ2v) is 5.02. The van der Waals surface area contributed by atoms with Crippen LogP contribution in [0.3, 0.4) is 0 Å². The quantitative estimate of drug-likeness (QED) is 0.652. The highest BCUT2D eigenvalue weighted by molar-refractivity contribution is 5.63. The van der Waals surface area contributed by atoms with E-state index in [1.807, 2.05) is 13.8 Å². The molecule has 0 amide bonds. The zero-order valence-corrected chi connectivity index (χ0v) is 9.75. The lowest BCUT2D eigenvalue weighted by atomic mass is 9.73. The molecule has 1 aliphatic rings. The van der Waals surface area contributed by atoms with Crippen molar-refractivity contribution in [2.24, 2.45) is 11.8 Å². The molecule has 2 heteroatoms. The first-order chi connectivity index (χ1) is 6.50. The van der Waals surface area contributed by atoms with Crippen molar-refractivity contribution in [1.29, 1.82) is 0 Å². The zero-order chi connectivity index (χ0) is 10.8. The predicted octanol–water partition coefficient (Wildman–Crippen LogP) is 2.81. The second-order valence-electron chi connectivity index (χ2n) is 5.02. The first-order valence-electron chi connectivity index (χ1n) is 5.64.